The smallest absolute Gasteiger partial charge is 0.487 e. The van der Waals surface area contributed by atoms with E-state index < -0.39 is 7.82 Å². The maximum Gasteiger partial charge on any atom is 0.524 e. The molecule has 22 heavy (non-hydrogen) atoms. The van der Waals surface area contributed by atoms with Gasteiger partial charge in [0, 0.05) is 16.5 Å². The maximum atomic E-state index is 11.0. The summed E-state index contributed by atoms with van der Waals surface area (Å²) < 4.78 is 21.3. The van der Waals surface area contributed by atoms with Gasteiger partial charge in [-0.3, -0.25) is 14.6 Å². The summed E-state index contributed by atoms with van der Waals surface area (Å²) in [5.41, 5.74) is 3.54. The lowest BCUT2D eigenvalue weighted by molar-refractivity contribution is 0.00733. The van der Waals surface area contributed by atoms with E-state index in [9.17, 15) is 4.57 Å². The number of hydroxylamine groups is 1. The van der Waals surface area contributed by atoms with Gasteiger partial charge in [0.05, 0.1) is 0 Å². The van der Waals surface area contributed by atoms with Crippen LogP contribution in [0.25, 0.3) is 0 Å². The van der Waals surface area contributed by atoms with E-state index in [-0.39, 0.29) is 25.0 Å². The third kappa shape index (κ3) is 6.56. The summed E-state index contributed by atoms with van der Waals surface area (Å²) in [5, 5.41) is 0. The summed E-state index contributed by atoms with van der Waals surface area (Å²) in [4.78, 5) is 24.1. The molecule has 0 unspecified atom stereocenters. The molecule has 0 heterocycles. The standard InChI is InChI=1S/C13H22NO6PS/c1-9(2)14-19-8-7-18-13-10(3)12(22-4)6-5-11(13)20-21(15,16)17/h5-6,9,14H,7-8H2,1-4H3,(H2,15,16,17). The van der Waals surface area contributed by atoms with Crippen LogP contribution in [0.3, 0.4) is 0 Å². The minimum atomic E-state index is -4.65. The fraction of sp³-hybridized carbons (Fsp3) is 0.538. The zero-order chi connectivity index (χ0) is 16.8. The number of phosphoric acid groups is 1. The molecule has 0 aliphatic heterocycles. The highest BCUT2D eigenvalue weighted by atomic mass is 32.2. The molecule has 7 nitrogen and oxygen atoms in total. The lowest BCUT2D eigenvalue weighted by Gasteiger charge is -2.17. The molecule has 0 radical (unpaired) electrons. The topological polar surface area (TPSA) is 97.3 Å². The number of thioether (sulfide) groups is 1. The van der Waals surface area contributed by atoms with Crippen molar-refractivity contribution in [1.29, 1.82) is 0 Å². The molecule has 1 rings (SSSR count). The minimum absolute atomic E-state index is 0.0143. The van der Waals surface area contributed by atoms with E-state index in [1.54, 1.807) is 13.0 Å². The van der Waals surface area contributed by atoms with E-state index in [4.69, 9.17) is 19.4 Å². The number of nitrogens with one attached hydrogen (secondary N) is 1. The second kappa shape index (κ2) is 8.76. The van der Waals surface area contributed by atoms with Gasteiger partial charge < -0.3 is 9.26 Å². The summed E-state index contributed by atoms with van der Waals surface area (Å²) >= 11 is 1.51. The largest absolute Gasteiger partial charge is 0.524 e. The molecule has 3 N–H and O–H groups in total. The Hall–Kier alpha value is -0.760. The number of benzene rings is 1. The van der Waals surface area contributed by atoms with Crippen molar-refractivity contribution in [3.63, 3.8) is 0 Å². The Morgan fingerprint density at radius 3 is 2.55 bits per heavy atom. The van der Waals surface area contributed by atoms with Gasteiger partial charge in [-0.1, -0.05) is 0 Å². The molecule has 9 heteroatoms. The van der Waals surface area contributed by atoms with Crippen LogP contribution in [0.5, 0.6) is 11.5 Å². The van der Waals surface area contributed by atoms with Crippen molar-refractivity contribution in [1.82, 2.24) is 5.48 Å². The highest BCUT2D eigenvalue weighted by molar-refractivity contribution is 7.98. The fourth-order valence-corrected chi connectivity index (χ4v) is 2.66. The zero-order valence-corrected chi connectivity index (χ0v) is 14.7. The first-order chi connectivity index (χ1) is 10.2. The van der Waals surface area contributed by atoms with Gasteiger partial charge in [0.2, 0.25) is 0 Å². The number of rotatable bonds is 9. The molecule has 0 aromatic heterocycles. The van der Waals surface area contributed by atoms with Crippen molar-refractivity contribution in [2.45, 2.75) is 31.7 Å². The molecule has 0 saturated carbocycles. The van der Waals surface area contributed by atoms with Crippen LogP contribution in [0.2, 0.25) is 0 Å². The molecule has 0 bridgehead atoms. The van der Waals surface area contributed by atoms with Crippen molar-refractivity contribution in [3.8, 4) is 11.5 Å². The predicted molar refractivity (Wildman–Crippen MR) is 85.4 cm³/mol. The molecule has 0 spiro atoms. The summed E-state index contributed by atoms with van der Waals surface area (Å²) in [7, 11) is -4.65. The Labute approximate surface area is 134 Å². The number of hydrogen-bond donors (Lipinski definition) is 3. The van der Waals surface area contributed by atoms with Crippen molar-refractivity contribution in [3.05, 3.63) is 17.7 Å². The molecule has 126 valence electrons. The SMILES string of the molecule is CSc1ccc(OP(=O)(O)O)c(OCCONC(C)C)c1C. The molecule has 0 atom stereocenters. The van der Waals surface area contributed by atoms with E-state index >= 15 is 0 Å². The molecule has 1 aromatic carbocycles. The second-order valence-electron chi connectivity index (χ2n) is 4.77. The molecule has 0 aliphatic rings. The second-order valence-corrected chi connectivity index (χ2v) is 6.78. The molecule has 0 fully saturated rings. The van der Waals surface area contributed by atoms with Gasteiger partial charge in [-0.2, -0.15) is 5.48 Å². The van der Waals surface area contributed by atoms with Crippen molar-refractivity contribution < 1.29 is 28.5 Å². The highest BCUT2D eigenvalue weighted by Gasteiger charge is 2.21. The Balaban J connectivity index is 2.82. The average molecular weight is 351 g/mol. The fourth-order valence-electron chi connectivity index (χ4n) is 1.66. The number of hydrogen-bond acceptors (Lipinski definition) is 6. The Kier molecular flexibility index (Phi) is 7.68. The third-order valence-electron chi connectivity index (χ3n) is 2.51. The summed E-state index contributed by atoms with van der Waals surface area (Å²) in [6.07, 6.45) is 1.91. The lowest BCUT2D eigenvalue weighted by Crippen LogP contribution is -2.25. The molecule has 0 saturated heterocycles. The van der Waals surface area contributed by atoms with E-state index in [0.717, 1.165) is 10.5 Å². The summed E-state index contributed by atoms with van der Waals surface area (Å²) in [6, 6.07) is 3.41. The van der Waals surface area contributed by atoms with Crippen molar-refractivity contribution >= 4 is 19.6 Å². The van der Waals surface area contributed by atoms with Crippen LogP contribution in [0.4, 0.5) is 0 Å². The quantitative estimate of drug-likeness (QED) is 0.270. The Morgan fingerprint density at radius 2 is 2.00 bits per heavy atom. The van der Waals surface area contributed by atoms with Crippen LogP contribution in [0.1, 0.15) is 19.4 Å². The first kappa shape index (κ1) is 19.3. The minimum Gasteiger partial charge on any atom is -0.487 e. The normalized spacial score (nSPS) is 11.8. The Morgan fingerprint density at radius 1 is 1.32 bits per heavy atom. The number of phosphoric ester groups is 1. The first-order valence-electron chi connectivity index (χ1n) is 6.67. The van der Waals surface area contributed by atoms with Gasteiger partial charge in [-0.05, 0) is 39.2 Å². The highest BCUT2D eigenvalue weighted by Crippen LogP contribution is 2.45. The van der Waals surface area contributed by atoms with Crippen LogP contribution in [-0.4, -0.2) is 35.3 Å². The van der Waals surface area contributed by atoms with Gasteiger partial charge in [0.25, 0.3) is 0 Å². The van der Waals surface area contributed by atoms with Gasteiger partial charge in [-0.15, -0.1) is 11.8 Å². The van der Waals surface area contributed by atoms with Gasteiger partial charge >= 0.3 is 7.82 Å². The van der Waals surface area contributed by atoms with E-state index in [1.165, 1.54) is 17.8 Å². The summed E-state index contributed by atoms with van der Waals surface area (Å²) in [5.74, 6) is 0.323. The van der Waals surface area contributed by atoms with Crippen LogP contribution < -0.4 is 14.7 Å². The first-order valence-corrected chi connectivity index (χ1v) is 9.43. The van der Waals surface area contributed by atoms with Gasteiger partial charge in [0.1, 0.15) is 13.2 Å². The Bertz CT molecular complexity index is 534. The molecule has 1 aromatic rings. The molecular formula is C13H22NO6PS. The average Bonchev–Trinajstić information content (AvgIpc) is 2.39. The lowest BCUT2D eigenvalue weighted by atomic mass is 10.2. The summed E-state index contributed by atoms with van der Waals surface area (Å²) in [6.45, 7) is 6.20. The molecule has 0 amide bonds. The monoisotopic (exact) mass is 351 g/mol. The van der Waals surface area contributed by atoms with E-state index in [0.29, 0.717) is 5.75 Å². The van der Waals surface area contributed by atoms with E-state index in [2.05, 4.69) is 10.0 Å². The molecular weight excluding hydrogens is 329 g/mol. The third-order valence-corrected chi connectivity index (χ3v) is 3.82. The van der Waals surface area contributed by atoms with Crippen LogP contribution in [0, 0.1) is 6.92 Å². The van der Waals surface area contributed by atoms with Crippen LogP contribution in [0.15, 0.2) is 17.0 Å². The molecule has 0 aliphatic carbocycles. The maximum absolute atomic E-state index is 11.0. The van der Waals surface area contributed by atoms with Crippen LogP contribution >= 0.6 is 19.6 Å². The predicted octanol–water partition coefficient (Wildman–Crippen LogP) is 2.50. The van der Waals surface area contributed by atoms with E-state index in [1.807, 2.05) is 20.1 Å². The number of ether oxygens (including phenoxy) is 1. The van der Waals surface area contributed by atoms with Crippen molar-refractivity contribution in [2.75, 3.05) is 19.5 Å². The van der Waals surface area contributed by atoms with Gasteiger partial charge in [-0.25, -0.2) is 4.57 Å². The van der Waals surface area contributed by atoms with Gasteiger partial charge in [0.15, 0.2) is 11.5 Å². The van der Waals surface area contributed by atoms with Crippen molar-refractivity contribution in [2.24, 2.45) is 0 Å². The van der Waals surface area contributed by atoms with Crippen LogP contribution in [-0.2, 0) is 9.40 Å². The zero-order valence-electron chi connectivity index (χ0n) is 13.0.